The Hall–Kier alpha value is -3.23. The van der Waals surface area contributed by atoms with Gasteiger partial charge in [-0.2, -0.15) is 0 Å². The van der Waals surface area contributed by atoms with Gasteiger partial charge in [-0.05, 0) is 37.6 Å². The zero-order valence-corrected chi connectivity index (χ0v) is 16.1. The number of hydrogen-bond donors (Lipinski definition) is 2. The molecular formula is C19H24N2O7. The van der Waals surface area contributed by atoms with Gasteiger partial charge in [-0.25, -0.2) is 4.79 Å². The number of benzene rings is 1. The fraction of sp³-hybridized carbons (Fsp3) is 0.421. The smallest absolute Gasteiger partial charge is 0.331 e. The lowest BCUT2D eigenvalue weighted by Gasteiger charge is -2.20. The van der Waals surface area contributed by atoms with Crippen molar-refractivity contribution in [3.8, 4) is 17.2 Å². The standard InChI is InChI=1S/C19H24N2O7/c1-12(2)21-16(22)10-20-17(23)11-28-18(24)5-4-13-8-14(25-3)19-15(9-13)26-6-7-27-19/h4-5,8-9,12H,6-7,10-11H2,1-3H3,(H,20,23)(H,21,22)/b5-4+. The van der Waals surface area contributed by atoms with Gasteiger partial charge in [0.25, 0.3) is 5.91 Å². The van der Waals surface area contributed by atoms with E-state index in [1.807, 2.05) is 13.8 Å². The SMILES string of the molecule is COc1cc(/C=C/C(=O)OCC(=O)NCC(=O)NC(C)C)cc2c1OCCO2. The highest BCUT2D eigenvalue weighted by molar-refractivity contribution is 5.90. The maximum Gasteiger partial charge on any atom is 0.331 e. The summed E-state index contributed by atoms with van der Waals surface area (Å²) >= 11 is 0. The maximum absolute atomic E-state index is 11.8. The van der Waals surface area contributed by atoms with Gasteiger partial charge in [0.05, 0.1) is 13.7 Å². The predicted molar refractivity (Wildman–Crippen MR) is 100 cm³/mol. The molecule has 1 aromatic rings. The molecule has 28 heavy (non-hydrogen) atoms. The third kappa shape index (κ3) is 6.49. The molecule has 9 heteroatoms. The molecule has 0 bridgehead atoms. The van der Waals surface area contributed by atoms with Crippen molar-refractivity contribution in [3.63, 3.8) is 0 Å². The number of carbonyl (C=O) groups excluding carboxylic acids is 3. The van der Waals surface area contributed by atoms with Gasteiger partial charge < -0.3 is 29.6 Å². The predicted octanol–water partition coefficient (Wildman–Crippen LogP) is 0.664. The van der Waals surface area contributed by atoms with Crippen LogP contribution in [0.4, 0.5) is 0 Å². The van der Waals surface area contributed by atoms with Crippen LogP contribution in [0.1, 0.15) is 19.4 Å². The fourth-order valence-corrected chi connectivity index (χ4v) is 2.34. The summed E-state index contributed by atoms with van der Waals surface area (Å²) in [6.45, 7) is 3.82. The molecule has 9 nitrogen and oxygen atoms in total. The molecule has 0 aliphatic carbocycles. The van der Waals surface area contributed by atoms with Gasteiger partial charge in [-0.3, -0.25) is 9.59 Å². The quantitative estimate of drug-likeness (QED) is 0.494. The number of esters is 1. The van der Waals surface area contributed by atoms with Crippen molar-refractivity contribution in [2.75, 3.05) is 33.5 Å². The van der Waals surface area contributed by atoms with Crippen molar-refractivity contribution < 1.29 is 33.3 Å². The Morgan fingerprint density at radius 2 is 1.93 bits per heavy atom. The highest BCUT2D eigenvalue weighted by atomic mass is 16.6. The number of fused-ring (bicyclic) bond motifs is 1. The Bertz CT molecular complexity index is 742. The molecule has 0 atom stereocenters. The third-order valence-corrected chi connectivity index (χ3v) is 3.50. The lowest BCUT2D eigenvalue weighted by atomic mass is 10.1. The number of hydrogen-bond acceptors (Lipinski definition) is 7. The Morgan fingerprint density at radius 1 is 1.18 bits per heavy atom. The Morgan fingerprint density at radius 3 is 2.64 bits per heavy atom. The van der Waals surface area contributed by atoms with Crippen LogP contribution in [0.5, 0.6) is 17.2 Å². The lowest BCUT2D eigenvalue weighted by Crippen LogP contribution is -2.41. The molecule has 1 heterocycles. The molecule has 152 valence electrons. The number of amides is 2. The first-order valence-corrected chi connectivity index (χ1v) is 8.77. The van der Waals surface area contributed by atoms with E-state index >= 15 is 0 Å². The average molecular weight is 392 g/mol. The fourth-order valence-electron chi connectivity index (χ4n) is 2.34. The van der Waals surface area contributed by atoms with Gasteiger partial charge in [0.15, 0.2) is 18.1 Å². The van der Waals surface area contributed by atoms with Crippen LogP contribution in [-0.4, -0.2) is 57.3 Å². The van der Waals surface area contributed by atoms with Crippen LogP contribution in [0.2, 0.25) is 0 Å². The van der Waals surface area contributed by atoms with Crippen molar-refractivity contribution in [1.29, 1.82) is 0 Å². The second-order valence-electron chi connectivity index (χ2n) is 6.19. The molecule has 0 aromatic heterocycles. The number of rotatable bonds is 8. The van der Waals surface area contributed by atoms with E-state index < -0.39 is 18.5 Å². The second-order valence-corrected chi connectivity index (χ2v) is 6.19. The van der Waals surface area contributed by atoms with Crippen molar-refractivity contribution in [2.45, 2.75) is 19.9 Å². The summed E-state index contributed by atoms with van der Waals surface area (Å²) in [6, 6.07) is 3.38. The van der Waals surface area contributed by atoms with Crippen LogP contribution in [0.25, 0.3) is 6.08 Å². The van der Waals surface area contributed by atoms with Crippen LogP contribution in [-0.2, 0) is 19.1 Å². The van der Waals surface area contributed by atoms with Crippen molar-refractivity contribution in [2.24, 2.45) is 0 Å². The van der Waals surface area contributed by atoms with E-state index in [4.69, 9.17) is 18.9 Å². The first-order valence-electron chi connectivity index (χ1n) is 8.77. The molecule has 0 unspecified atom stereocenters. The minimum absolute atomic E-state index is 0.0217. The van der Waals surface area contributed by atoms with Gasteiger partial charge in [-0.1, -0.05) is 0 Å². The maximum atomic E-state index is 11.8. The Balaban J connectivity index is 1.83. The van der Waals surface area contributed by atoms with Crippen LogP contribution in [0.3, 0.4) is 0 Å². The van der Waals surface area contributed by atoms with Crippen LogP contribution < -0.4 is 24.8 Å². The Kier molecular flexibility index (Phi) is 7.67. The summed E-state index contributed by atoms with van der Waals surface area (Å²) in [7, 11) is 1.51. The summed E-state index contributed by atoms with van der Waals surface area (Å²) in [5, 5.41) is 5.00. The largest absolute Gasteiger partial charge is 0.493 e. The van der Waals surface area contributed by atoms with Gasteiger partial charge >= 0.3 is 5.97 Å². The number of nitrogens with one attached hydrogen (secondary N) is 2. The number of ether oxygens (including phenoxy) is 4. The molecule has 0 spiro atoms. The summed E-state index contributed by atoms with van der Waals surface area (Å²) in [6.07, 6.45) is 2.70. The van der Waals surface area contributed by atoms with E-state index in [9.17, 15) is 14.4 Å². The van der Waals surface area contributed by atoms with E-state index in [-0.39, 0.29) is 18.5 Å². The molecule has 2 amide bonds. The summed E-state index contributed by atoms with van der Waals surface area (Å²) in [5.41, 5.74) is 0.646. The molecule has 1 aromatic carbocycles. The molecule has 1 aliphatic rings. The molecule has 0 fully saturated rings. The second kappa shape index (κ2) is 10.2. The van der Waals surface area contributed by atoms with E-state index in [0.717, 1.165) is 0 Å². The van der Waals surface area contributed by atoms with Crippen molar-refractivity contribution in [3.05, 3.63) is 23.8 Å². The monoisotopic (exact) mass is 392 g/mol. The average Bonchev–Trinajstić information content (AvgIpc) is 2.67. The first kappa shape index (κ1) is 21.1. The van der Waals surface area contributed by atoms with Gasteiger partial charge in [0.2, 0.25) is 11.7 Å². The zero-order chi connectivity index (χ0) is 20.5. The molecule has 0 saturated heterocycles. The van der Waals surface area contributed by atoms with Gasteiger partial charge in [0.1, 0.15) is 13.2 Å². The van der Waals surface area contributed by atoms with Crippen LogP contribution in [0, 0.1) is 0 Å². The van der Waals surface area contributed by atoms with E-state index in [0.29, 0.717) is 36.0 Å². The summed E-state index contributed by atoms with van der Waals surface area (Å²) < 4.78 is 21.2. The number of methoxy groups -OCH3 is 1. The molecule has 2 N–H and O–H groups in total. The molecule has 2 rings (SSSR count). The van der Waals surface area contributed by atoms with Gasteiger partial charge in [0, 0.05) is 12.1 Å². The molecule has 0 radical (unpaired) electrons. The van der Waals surface area contributed by atoms with E-state index in [2.05, 4.69) is 10.6 Å². The van der Waals surface area contributed by atoms with Gasteiger partial charge in [-0.15, -0.1) is 0 Å². The van der Waals surface area contributed by atoms with E-state index in [1.54, 1.807) is 12.1 Å². The lowest BCUT2D eigenvalue weighted by molar-refractivity contribution is -0.143. The minimum atomic E-state index is -0.698. The van der Waals surface area contributed by atoms with Crippen molar-refractivity contribution >= 4 is 23.9 Å². The van der Waals surface area contributed by atoms with E-state index in [1.165, 1.54) is 19.3 Å². The highest BCUT2D eigenvalue weighted by Gasteiger charge is 2.18. The number of carbonyl (C=O) groups is 3. The van der Waals surface area contributed by atoms with Crippen molar-refractivity contribution in [1.82, 2.24) is 10.6 Å². The summed E-state index contributed by atoms with van der Waals surface area (Å²) in [4.78, 5) is 34.8. The molecule has 1 aliphatic heterocycles. The van der Waals surface area contributed by atoms with Crippen LogP contribution in [0.15, 0.2) is 18.2 Å². The Labute approximate surface area is 163 Å². The topological polar surface area (TPSA) is 112 Å². The molecular weight excluding hydrogens is 368 g/mol. The zero-order valence-electron chi connectivity index (χ0n) is 16.1. The van der Waals surface area contributed by atoms with Crippen LogP contribution >= 0.6 is 0 Å². The summed E-state index contributed by atoms with van der Waals surface area (Å²) in [5.74, 6) is -0.0481. The highest BCUT2D eigenvalue weighted by Crippen LogP contribution is 2.40. The third-order valence-electron chi connectivity index (χ3n) is 3.50. The first-order chi connectivity index (χ1) is 13.4. The normalized spacial score (nSPS) is 12.6. The molecule has 0 saturated carbocycles. The minimum Gasteiger partial charge on any atom is -0.493 e.